The van der Waals surface area contributed by atoms with Gasteiger partial charge in [-0.1, -0.05) is 6.92 Å². The fourth-order valence-corrected chi connectivity index (χ4v) is 3.75. The van der Waals surface area contributed by atoms with Gasteiger partial charge in [-0.05, 0) is 19.1 Å². The molecule has 0 bridgehead atoms. The number of rotatable bonds is 2. The van der Waals surface area contributed by atoms with Crippen molar-refractivity contribution < 1.29 is 5.11 Å². The number of thioether (sulfide) groups is 1. The van der Waals surface area contributed by atoms with Crippen molar-refractivity contribution in [2.45, 2.75) is 37.5 Å². The van der Waals surface area contributed by atoms with Crippen LogP contribution in [0.15, 0.2) is 5.38 Å². The number of aromatic nitrogens is 1. The van der Waals surface area contributed by atoms with Crippen molar-refractivity contribution in [3.63, 3.8) is 0 Å². The van der Waals surface area contributed by atoms with Gasteiger partial charge in [-0.15, -0.1) is 11.3 Å². The maximum Gasteiger partial charge on any atom is 0.0897 e. The maximum absolute atomic E-state index is 10.4. The third-order valence-electron chi connectivity index (χ3n) is 2.81. The molecule has 2 nitrogen and oxygen atoms in total. The summed E-state index contributed by atoms with van der Waals surface area (Å²) in [7, 11) is 0. The van der Waals surface area contributed by atoms with E-state index in [9.17, 15) is 5.11 Å². The van der Waals surface area contributed by atoms with E-state index in [2.05, 4.69) is 17.3 Å². The molecule has 2 unspecified atom stereocenters. The van der Waals surface area contributed by atoms with E-state index in [0.717, 1.165) is 22.9 Å². The summed E-state index contributed by atoms with van der Waals surface area (Å²) in [6.07, 6.45) is 1.61. The predicted molar refractivity (Wildman–Crippen MR) is 62.0 cm³/mol. The van der Waals surface area contributed by atoms with E-state index in [1.54, 1.807) is 11.3 Å². The van der Waals surface area contributed by atoms with E-state index in [1.807, 2.05) is 18.7 Å². The molecule has 0 amide bonds. The van der Waals surface area contributed by atoms with Crippen LogP contribution in [0.5, 0.6) is 0 Å². The summed E-state index contributed by atoms with van der Waals surface area (Å²) in [6, 6.07) is 0. The lowest BCUT2D eigenvalue weighted by Gasteiger charge is -2.25. The molecule has 14 heavy (non-hydrogen) atoms. The van der Waals surface area contributed by atoms with Crippen LogP contribution >= 0.6 is 23.1 Å². The Morgan fingerprint density at radius 2 is 2.50 bits per heavy atom. The van der Waals surface area contributed by atoms with Crippen LogP contribution in [-0.2, 0) is 6.42 Å². The van der Waals surface area contributed by atoms with Gasteiger partial charge in [0.25, 0.3) is 0 Å². The summed E-state index contributed by atoms with van der Waals surface area (Å²) < 4.78 is 0. The molecule has 0 aromatic carbocycles. The average Bonchev–Trinajstić information content (AvgIpc) is 2.62. The van der Waals surface area contributed by atoms with Gasteiger partial charge in [0, 0.05) is 17.1 Å². The van der Waals surface area contributed by atoms with Crippen molar-refractivity contribution in [1.82, 2.24) is 4.98 Å². The number of thiazole rings is 1. The molecule has 0 saturated carbocycles. The van der Waals surface area contributed by atoms with E-state index in [0.29, 0.717) is 11.7 Å². The molecule has 1 fully saturated rings. The van der Waals surface area contributed by atoms with Gasteiger partial charge in [-0.3, -0.25) is 0 Å². The van der Waals surface area contributed by atoms with Gasteiger partial charge in [-0.25, -0.2) is 4.98 Å². The summed E-state index contributed by atoms with van der Waals surface area (Å²) in [5.74, 6) is 1.07. The summed E-state index contributed by atoms with van der Waals surface area (Å²) >= 11 is 3.51. The Morgan fingerprint density at radius 3 is 3.00 bits per heavy atom. The quantitative estimate of drug-likeness (QED) is 0.844. The monoisotopic (exact) mass is 229 g/mol. The molecule has 1 saturated heterocycles. The number of nitrogens with zero attached hydrogens (tertiary/aromatic N) is 1. The number of hydrogen-bond acceptors (Lipinski definition) is 4. The summed E-state index contributed by atoms with van der Waals surface area (Å²) in [5, 5.41) is 13.8. The zero-order valence-corrected chi connectivity index (χ0v) is 10.1. The number of aryl methyl sites for hydroxylation is 1. The first-order valence-corrected chi connectivity index (χ1v) is 6.78. The molecule has 1 aliphatic heterocycles. The first-order valence-electron chi connectivity index (χ1n) is 4.85. The van der Waals surface area contributed by atoms with Gasteiger partial charge in [0.1, 0.15) is 0 Å². The Bertz CT molecular complexity index is 326. The van der Waals surface area contributed by atoms with Gasteiger partial charge in [0.15, 0.2) is 0 Å². The van der Waals surface area contributed by atoms with Gasteiger partial charge in [0.05, 0.1) is 16.3 Å². The predicted octanol–water partition coefficient (Wildman–Crippen LogP) is 2.25. The molecule has 0 aliphatic carbocycles. The van der Waals surface area contributed by atoms with Crippen LogP contribution in [0.25, 0.3) is 0 Å². The minimum Gasteiger partial charge on any atom is -0.388 e. The van der Waals surface area contributed by atoms with Crippen molar-refractivity contribution in [2.24, 2.45) is 0 Å². The Hall–Kier alpha value is -0.0600. The molecule has 0 radical (unpaired) electrons. The van der Waals surface area contributed by atoms with Crippen LogP contribution in [-0.4, -0.2) is 26.7 Å². The molecule has 78 valence electrons. The van der Waals surface area contributed by atoms with Crippen LogP contribution in [0.1, 0.15) is 24.0 Å². The van der Waals surface area contributed by atoms with E-state index >= 15 is 0 Å². The summed E-state index contributed by atoms with van der Waals surface area (Å²) in [6.45, 7) is 4.11. The molecular weight excluding hydrogens is 214 g/mol. The first kappa shape index (κ1) is 10.5. The lowest BCUT2D eigenvalue weighted by molar-refractivity contribution is 0.0456. The molecule has 2 atom stereocenters. The van der Waals surface area contributed by atoms with Crippen LogP contribution < -0.4 is 0 Å². The highest BCUT2D eigenvalue weighted by molar-refractivity contribution is 8.00. The SMILES string of the molecule is Cc1nc(CC2(O)CCSC2C)cs1. The molecule has 4 heteroatoms. The topological polar surface area (TPSA) is 33.1 Å². The largest absolute Gasteiger partial charge is 0.388 e. The average molecular weight is 229 g/mol. The minimum absolute atomic E-state index is 0.338. The second-order valence-corrected chi connectivity index (χ2v) is 6.41. The van der Waals surface area contributed by atoms with E-state index in [1.165, 1.54) is 0 Å². The van der Waals surface area contributed by atoms with Crippen molar-refractivity contribution >= 4 is 23.1 Å². The molecule has 1 aromatic rings. The van der Waals surface area contributed by atoms with Crippen LogP contribution in [0.3, 0.4) is 0 Å². The van der Waals surface area contributed by atoms with Crippen molar-refractivity contribution in [2.75, 3.05) is 5.75 Å². The van der Waals surface area contributed by atoms with Crippen LogP contribution in [0.2, 0.25) is 0 Å². The van der Waals surface area contributed by atoms with Crippen LogP contribution in [0, 0.1) is 6.92 Å². The van der Waals surface area contributed by atoms with Gasteiger partial charge in [-0.2, -0.15) is 11.8 Å². The Labute approximate surface area is 92.8 Å². The standard InChI is InChI=1S/C10H15NOS2/c1-7-10(12,3-4-13-7)5-9-6-14-8(2)11-9/h6-7,12H,3-5H2,1-2H3. The van der Waals surface area contributed by atoms with E-state index < -0.39 is 5.60 Å². The molecule has 0 spiro atoms. The normalized spacial score (nSPS) is 32.4. The Kier molecular flexibility index (Phi) is 2.86. The molecular formula is C10H15NOS2. The minimum atomic E-state index is -0.523. The highest BCUT2D eigenvalue weighted by atomic mass is 32.2. The second-order valence-electron chi connectivity index (χ2n) is 3.90. The zero-order chi connectivity index (χ0) is 10.2. The molecule has 1 aliphatic rings. The number of aliphatic hydroxyl groups is 1. The third kappa shape index (κ3) is 1.97. The Morgan fingerprint density at radius 1 is 1.71 bits per heavy atom. The smallest absolute Gasteiger partial charge is 0.0897 e. The molecule has 2 rings (SSSR count). The van der Waals surface area contributed by atoms with Gasteiger partial charge < -0.3 is 5.11 Å². The third-order valence-corrected chi connectivity index (χ3v) is 5.01. The van der Waals surface area contributed by atoms with E-state index in [4.69, 9.17) is 0 Å². The fourth-order valence-electron chi connectivity index (χ4n) is 1.81. The molecule has 2 heterocycles. The van der Waals surface area contributed by atoms with Gasteiger partial charge in [0.2, 0.25) is 0 Å². The first-order chi connectivity index (χ1) is 6.60. The summed E-state index contributed by atoms with van der Waals surface area (Å²) in [5.41, 5.74) is 0.523. The fraction of sp³-hybridized carbons (Fsp3) is 0.700. The van der Waals surface area contributed by atoms with Gasteiger partial charge >= 0.3 is 0 Å². The maximum atomic E-state index is 10.4. The van der Waals surface area contributed by atoms with Crippen molar-refractivity contribution in [3.8, 4) is 0 Å². The molecule has 1 N–H and O–H groups in total. The van der Waals surface area contributed by atoms with Crippen molar-refractivity contribution in [3.05, 3.63) is 16.1 Å². The molecule has 1 aromatic heterocycles. The lowest BCUT2D eigenvalue weighted by atomic mass is 9.92. The van der Waals surface area contributed by atoms with Crippen molar-refractivity contribution in [1.29, 1.82) is 0 Å². The van der Waals surface area contributed by atoms with Crippen LogP contribution in [0.4, 0.5) is 0 Å². The highest BCUT2D eigenvalue weighted by Gasteiger charge is 2.39. The summed E-state index contributed by atoms with van der Waals surface area (Å²) in [4.78, 5) is 4.40. The number of hydrogen-bond donors (Lipinski definition) is 1. The zero-order valence-electron chi connectivity index (χ0n) is 8.49. The second kappa shape index (κ2) is 3.83. The lowest BCUT2D eigenvalue weighted by Crippen LogP contribution is -2.37. The highest BCUT2D eigenvalue weighted by Crippen LogP contribution is 2.37. The van der Waals surface area contributed by atoms with E-state index in [-0.39, 0.29) is 0 Å². The Balaban J connectivity index is 2.10.